The highest BCUT2D eigenvalue weighted by Crippen LogP contribution is 2.29. The van der Waals surface area contributed by atoms with Gasteiger partial charge in [0.05, 0.1) is 31.0 Å². The second kappa shape index (κ2) is 6.51. The predicted octanol–water partition coefficient (Wildman–Crippen LogP) is 2.05. The van der Waals surface area contributed by atoms with Crippen LogP contribution in [-0.2, 0) is 9.53 Å². The molecule has 24 heavy (non-hydrogen) atoms. The largest absolute Gasteiger partial charge is 0.442 e. The van der Waals surface area contributed by atoms with Crippen LogP contribution in [0.4, 0.5) is 20.6 Å². The van der Waals surface area contributed by atoms with Gasteiger partial charge in [0.1, 0.15) is 11.9 Å². The van der Waals surface area contributed by atoms with Crippen molar-refractivity contribution in [1.29, 1.82) is 0 Å². The molecule has 2 fully saturated rings. The molecule has 1 aromatic rings. The van der Waals surface area contributed by atoms with Crippen LogP contribution in [0.1, 0.15) is 13.3 Å². The average Bonchev–Trinajstić information content (AvgIpc) is 3.11. The number of amides is 1. The second-order valence-corrected chi connectivity index (χ2v) is 6.12. The molecule has 0 aromatic heterocycles. The van der Waals surface area contributed by atoms with E-state index in [9.17, 15) is 14.0 Å². The van der Waals surface area contributed by atoms with Gasteiger partial charge in [-0.1, -0.05) is 6.58 Å². The van der Waals surface area contributed by atoms with Crippen molar-refractivity contribution in [1.82, 2.24) is 5.32 Å². The number of Topliss-reactive ketones (excluding diaryl/α,β-unsaturated/α-hetero) is 1. The summed E-state index contributed by atoms with van der Waals surface area (Å²) in [5, 5.41) is 3.03. The number of hydrogen-bond donors (Lipinski definition) is 1. The van der Waals surface area contributed by atoms with E-state index < -0.39 is 11.9 Å². The van der Waals surface area contributed by atoms with Gasteiger partial charge in [0.25, 0.3) is 0 Å². The lowest BCUT2D eigenvalue weighted by Crippen LogP contribution is -2.30. The molecule has 128 valence electrons. The van der Waals surface area contributed by atoms with E-state index >= 15 is 0 Å². The van der Waals surface area contributed by atoms with Gasteiger partial charge in [-0.25, -0.2) is 9.18 Å². The van der Waals surface area contributed by atoms with Crippen molar-refractivity contribution in [2.75, 3.05) is 36.0 Å². The first-order chi connectivity index (χ1) is 11.4. The van der Waals surface area contributed by atoms with Gasteiger partial charge in [0.15, 0.2) is 5.78 Å². The minimum absolute atomic E-state index is 0.106. The summed E-state index contributed by atoms with van der Waals surface area (Å²) < 4.78 is 19.7. The molecule has 1 N–H and O–H groups in total. The summed E-state index contributed by atoms with van der Waals surface area (Å²) >= 11 is 0. The molecule has 2 aliphatic heterocycles. The first kappa shape index (κ1) is 16.3. The van der Waals surface area contributed by atoms with E-state index in [0.717, 1.165) is 5.70 Å². The minimum atomic E-state index is -0.494. The molecule has 0 aliphatic carbocycles. The lowest BCUT2D eigenvalue weighted by molar-refractivity contribution is -0.116. The Kier molecular flexibility index (Phi) is 4.42. The number of cyclic esters (lactones) is 1. The topological polar surface area (TPSA) is 61.9 Å². The maximum atomic E-state index is 14.4. The van der Waals surface area contributed by atoms with Crippen LogP contribution in [0.15, 0.2) is 30.5 Å². The standard InChI is InChI=1S/C17H20FN3O3/c1-11(2)19-8-14-10-21(17(23)24-14)12-3-4-16(15(18)7-12)20-6-5-13(22)9-20/h3-4,7,14,19H,1,5-6,8-10H2,2H3/t14-/m0/s1. The zero-order valence-electron chi connectivity index (χ0n) is 13.5. The summed E-state index contributed by atoms with van der Waals surface area (Å²) in [4.78, 5) is 26.5. The Bertz CT molecular complexity index is 692. The SMILES string of the molecule is C=C(C)NC[C@H]1CN(c2ccc(N3CCC(=O)C3)c(F)c2)C(=O)O1. The summed E-state index contributed by atoms with van der Waals surface area (Å²) in [6.45, 7) is 7.13. The second-order valence-electron chi connectivity index (χ2n) is 6.12. The number of nitrogens with zero attached hydrogens (tertiary/aromatic N) is 2. The van der Waals surface area contributed by atoms with Crippen molar-refractivity contribution in [2.45, 2.75) is 19.4 Å². The third kappa shape index (κ3) is 3.34. The number of nitrogens with one attached hydrogen (secondary N) is 1. The number of rotatable bonds is 5. The van der Waals surface area contributed by atoms with Gasteiger partial charge in [-0.2, -0.15) is 0 Å². The number of ketones is 1. The third-order valence-corrected chi connectivity index (χ3v) is 4.12. The van der Waals surface area contributed by atoms with E-state index in [1.807, 2.05) is 6.92 Å². The van der Waals surface area contributed by atoms with Crippen LogP contribution in [0.25, 0.3) is 0 Å². The molecule has 3 rings (SSSR count). The van der Waals surface area contributed by atoms with E-state index in [1.54, 1.807) is 17.0 Å². The number of allylic oxidation sites excluding steroid dienone is 1. The Labute approximate surface area is 139 Å². The molecule has 0 bridgehead atoms. The predicted molar refractivity (Wildman–Crippen MR) is 88.7 cm³/mol. The molecule has 1 amide bonds. The van der Waals surface area contributed by atoms with Crippen molar-refractivity contribution in [3.05, 3.63) is 36.3 Å². The van der Waals surface area contributed by atoms with Crippen molar-refractivity contribution in [3.8, 4) is 0 Å². The Morgan fingerprint density at radius 3 is 2.88 bits per heavy atom. The van der Waals surface area contributed by atoms with Gasteiger partial charge in [-0.3, -0.25) is 9.69 Å². The maximum absolute atomic E-state index is 14.4. The summed E-state index contributed by atoms with van der Waals surface area (Å²) in [6.07, 6.45) is -0.364. The number of hydrogen-bond acceptors (Lipinski definition) is 5. The molecule has 0 radical (unpaired) electrons. The summed E-state index contributed by atoms with van der Waals surface area (Å²) in [5.74, 6) is -0.340. The molecule has 1 atom stereocenters. The van der Waals surface area contributed by atoms with Crippen molar-refractivity contribution in [3.63, 3.8) is 0 Å². The van der Waals surface area contributed by atoms with Gasteiger partial charge in [0.2, 0.25) is 0 Å². The van der Waals surface area contributed by atoms with Crippen LogP contribution in [0.2, 0.25) is 0 Å². The van der Waals surface area contributed by atoms with Crippen LogP contribution in [-0.4, -0.2) is 44.2 Å². The van der Waals surface area contributed by atoms with Gasteiger partial charge < -0.3 is 15.0 Å². The van der Waals surface area contributed by atoms with Crippen molar-refractivity contribution in [2.24, 2.45) is 0 Å². The fourth-order valence-corrected chi connectivity index (χ4v) is 2.88. The van der Waals surface area contributed by atoms with Crippen molar-refractivity contribution >= 4 is 23.3 Å². The Hall–Kier alpha value is -2.57. The van der Waals surface area contributed by atoms with Crippen LogP contribution in [0, 0.1) is 5.82 Å². The molecule has 7 heteroatoms. The summed E-state index contributed by atoms with van der Waals surface area (Å²) in [7, 11) is 0. The molecular formula is C17H20FN3O3. The Morgan fingerprint density at radius 1 is 1.46 bits per heavy atom. The first-order valence-electron chi connectivity index (χ1n) is 7.88. The van der Waals surface area contributed by atoms with Gasteiger partial charge in [-0.15, -0.1) is 0 Å². The lowest BCUT2D eigenvalue weighted by atomic mass is 10.2. The van der Waals surface area contributed by atoms with E-state index in [0.29, 0.717) is 37.4 Å². The zero-order chi connectivity index (χ0) is 17.3. The molecule has 2 heterocycles. The van der Waals surface area contributed by atoms with Crippen LogP contribution in [0.3, 0.4) is 0 Å². The maximum Gasteiger partial charge on any atom is 0.414 e. The number of benzene rings is 1. The normalized spacial score (nSPS) is 20.5. The fourth-order valence-electron chi connectivity index (χ4n) is 2.88. The van der Waals surface area contributed by atoms with Gasteiger partial charge >= 0.3 is 6.09 Å². The van der Waals surface area contributed by atoms with Crippen molar-refractivity contribution < 1.29 is 18.7 Å². The fraction of sp³-hybridized carbons (Fsp3) is 0.412. The van der Waals surface area contributed by atoms with E-state index in [4.69, 9.17) is 4.74 Å². The van der Waals surface area contributed by atoms with Gasteiger partial charge in [-0.05, 0) is 25.1 Å². The first-order valence-corrected chi connectivity index (χ1v) is 7.88. The van der Waals surface area contributed by atoms with E-state index in [2.05, 4.69) is 11.9 Å². The number of carbonyl (C=O) groups is 2. The molecule has 1 aromatic carbocycles. The molecule has 2 aliphatic rings. The highest BCUT2D eigenvalue weighted by Gasteiger charge is 2.33. The average molecular weight is 333 g/mol. The third-order valence-electron chi connectivity index (χ3n) is 4.12. The van der Waals surface area contributed by atoms with Crippen LogP contribution in [0.5, 0.6) is 0 Å². The highest BCUT2D eigenvalue weighted by molar-refractivity contribution is 5.90. The summed E-state index contributed by atoms with van der Waals surface area (Å²) in [5.41, 5.74) is 1.63. The summed E-state index contributed by atoms with van der Waals surface area (Å²) in [6, 6.07) is 4.60. The zero-order valence-corrected chi connectivity index (χ0v) is 13.5. The van der Waals surface area contributed by atoms with Gasteiger partial charge in [0, 0.05) is 18.7 Å². The van der Waals surface area contributed by atoms with E-state index in [-0.39, 0.29) is 18.4 Å². The van der Waals surface area contributed by atoms with Crippen LogP contribution >= 0.6 is 0 Å². The quantitative estimate of drug-likeness (QED) is 0.894. The molecular weight excluding hydrogens is 313 g/mol. The number of halogens is 1. The van der Waals surface area contributed by atoms with E-state index in [1.165, 1.54) is 11.0 Å². The smallest absolute Gasteiger partial charge is 0.414 e. The molecule has 0 unspecified atom stereocenters. The number of anilines is 2. The lowest BCUT2D eigenvalue weighted by Gasteiger charge is -2.19. The number of carbonyl (C=O) groups excluding carboxylic acids is 2. The molecule has 0 spiro atoms. The highest BCUT2D eigenvalue weighted by atomic mass is 19.1. The Balaban J connectivity index is 1.71. The van der Waals surface area contributed by atoms with Crippen LogP contribution < -0.4 is 15.1 Å². The molecule has 0 saturated carbocycles. The Morgan fingerprint density at radius 2 is 2.25 bits per heavy atom. The number of ether oxygens (including phenoxy) is 1. The monoisotopic (exact) mass is 333 g/mol. The minimum Gasteiger partial charge on any atom is -0.442 e. The molecule has 2 saturated heterocycles. The molecule has 6 nitrogen and oxygen atoms in total.